The zero-order valence-electron chi connectivity index (χ0n) is 17.8. The summed E-state index contributed by atoms with van der Waals surface area (Å²) >= 11 is 0. The Kier molecular flexibility index (Phi) is 7.84. The van der Waals surface area contributed by atoms with Gasteiger partial charge in [0.15, 0.2) is 5.96 Å². The third kappa shape index (κ3) is 6.37. The standard InChI is InChI=1S/C22H34F2N4O/c1-4-25-22(26-16-8-10-28(11-9-16)12-13-29-15(2)3)27-20-14-17(20)21-18(23)6-5-7-19(21)24/h5-7,15-17,20H,4,8-14H2,1-3H3,(H2,25,26,27). The van der Waals surface area contributed by atoms with E-state index in [0.29, 0.717) is 12.6 Å². The number of halogens is 2. The summed E-state index contributed by atoms with van der Waals surface area (Å²) in [6, 6.07) is 4.44. The Balaban J connectivity index is 1.45. The summed E-state index contributed by atoms with van der Waals surface area (Å²) in [6.07, 6.45) is 3.08. The van der Waals surface area contributed by atoms with Gasteiger partial charge in [-0.2, -0.15) is 0 Å². The van der Waals surface area contributed by atoms with Crippen LogP contribution in [0.25, 0.3) is 0 Å². The lowest BCUT2D eigenvalue weighted by Gasteiger charge is -2.33. The van der Waals surface area contributed by atoms with E-state index in [9.17, 15) is 8.78 Å². The summed E-state index contributed by atoms with van der Waals surface area (Å²) in [5, 5.41) is 6.89. The number of nitrogens with one attached hydrogen (secondary N) is 2. The molecule has 2 unspecified atom stereocenters. The normalized spacial score (nSPS) is 23.4. The van der Waals surface area contributed by atoms with Gasteiger partial charge in [0.25, 0.3) is 0 Å². The van der Waals surface area contributed by atoms with Crippen LogP contribution < -0.4 is 10.6 Å². The molecular formula is C22H34F2N4O. The third-order valence-corrected chi connectivity index (χ3v) is 5.59. The van der Waals surface area contributed by atoms with Crippen molar-refractivity contribution in [2.45, 2.75) is 64.1 Å². The van der Waals surface area contributed by atoms with E-state index in [0.717, 1.165) is 51.5 Å². The Labute approximate surface area is 172 Å². The molecule has 5 nitrogen and oxygen atoms in total. The van der Waals surface area contributed by atoms with Crippen LogP contribution >= 0.6 is 0 Å². The average molecular weight is 409 g/mol. The van der Waals surface area contributed by atoms with Gasteiger partial charge in [-0.25, -0.2) is 8.78 Å². The molecule has 1 aliphatic carbocycles. The zero-order chi connectivity index (χ0) is 20.8. The lowest BCUT2D eigenvalue weighted by Crippen LogP contribution is -2.49. The monoisotopic (exact) mass is 408 g/mol. The van der Waals surface area contributed by atoms with Crippen molar-refractivity contribution >= 4 is 5.96 Å². The Bertz CT molecular complexity index is 669. The van der Waals surface area contributed by atoms with Crippen molar-refractivity contribution in [3.05, 3.63) is 35.4 Å². The Morgan fingerprint density at radius 3 is 2.52 bits per heavy atom. The lowest BCUT2D eigenvalue weighted by molar-refractivity contribution is 0.0532. The first-order valence-electron chi connectivity index (χ1n) is 10.8. The number of benzene rings is 1. The maximum Gasteiger partial charge on any atom is 0.191 e. The largest absolute Gasteiger partial charge is 0.377 e. The SMILES string of the molecule is CCN=C(NC1CCN(CCOC(C)C)CC1)NC1CC1c1c(F)cccc1F. The maximum absolute atomic E-state index is 14.0. The number of aliphatic imine (C=N–C) groups is 1. The van der Waals surface area contributed by atoms with Crippen LogP contribution in [0.1, 0.15) is 51.5 Å². The van der Waals surface area contributed by atoms with Crippen LogP contribution in [0, 0.1) is 11.6 Å². The second-order valence-corrected chi connectivity index (χ2v) is 8.23. The van der Waals surface area contributed by atoms with Gasteiger partial charge >= 0.3 is 0 Å². The van der Waals surface area contributed by atoms with Crippen molar-refractivity contribution in [1.82, 2.24) is 15.5 Å². The molecule has 1 aromatic rings. The predicted molar refractivity (Wildman–Crippen MR) is 112 cm³/mol. The van der Waals surface area contributed by atoms with E-state index in [1.165, 1.54) is 18.2 Å². The van der Waals surface area contributed by atoms with Gasteiger partial charge in [0.05, 0.1) is 12.7 Å². The number of hydrogen-bond donors (Lipinski definition) is 2. The molecule has 2 aliphatic rings. The summed E-state index contributed by atoms with van der Waals surface area (Å²) in [5.74, 6) is -0.314. The van der Waals surface area contributed by atoms with E-state index < -0.39 is 11.6 Å². The van der Waals surface area contributed by atoms with Crippen molar-refractivity contribution in [3.63, 3.8) is 0 Å². The molecule has 1 aromatic carbocycles. The fraction of sp³-hybridized carbons (Fsp3) is 0.682. The molecule has 0 spiro atoms. The van der Waals surface area contributed by atoms with Crippen molar-refractivity contribution in [2.75, 3.05) is 32.8 Å². The molecule has 162 valence electrons. The summed E-state index contributed by atoms with van der Waals surface area (Å²) in [4.78, 5) is 6.97. The third-order valence-electron chi connectivity index (χ3n) is 5.59. The maximum atomic E-state index is 14.0. The first-order chi connectivity index (χ1) is 14.0. The molecule has 0 bridgehead atoms. The van der Waals surface area contributed by atoms with Gasteiger partial charge in [0.1, 0.15) is 11.6 Å². The molecule has 0 aromatic heterocycles. The van der Waals surface area contributed by atoms with E-state index in [1.807, 2.05) is 6.92 Å². The van der Waals surface area contributed by atoms with E-state index >= 15 is 0 Å². The van der Waals surface area contributed by atoms with Gasteiger partial charge in [0.2, 0.25) is 0 Å². The molecule has 0 amide bonds. The lowest BCUT2D eigenvalue weighted by atomic mass is 10.1. The van der Waals surface area contributed by atoms with Crippen molar-refractivity contribution in [3.8, 4) is 0 Å². The second kappa shape index (κ2) is 10.3. The molecule has 2 fully saturated rings. The highest BCUT2D eigenvalue weighted by atomic mass is 19.1. The van der Waals surface area contributed by atoms with Gasteiger partial charge in [-0.15, -0.1) is 0 Å². The van der Waals surface area contributed by atoms with Crippen LogP contribution in [-0.2, 0) is 4.74 Å². The van der Waals surface area contributed by atoms with E-state index in [2.05, 4.69) is 34.4 Å². The second-order valence-electron chi connectivity index (χ2n) is 8.23. The molecule has 7 heteroatoms. The number of guanidine groups is 1. The first kappa shape index (κ1) is 22.0. The molecule has 1 saturated heterocycles. The smallest absolute Gasteiger partial charge is 0.191 e. The number of piperidine rings is 1. The summed E-state index contributed by atoms with van der Waals surface area (Å²) in [6.45, 7) is 10.6. The quantitative estimate of drug-likeness (QED) is 0.512. The summed E-state index contributed by atoms with van der Waals surface area (Å²) < 4.78 is 33.7. The molecular weight excluding hydrogens is 374 g/mol. The van der Waals surface area contributed by atoms with Crippen LogP contribution in [0.3, 0.4) is 0 Å². The predicted octanol–water partition coefficient (Wildman–Crippen LogP) is 3.27. The number of rotatable bonds is 8. The molecule has 0 radical (unpaired) electrons. The minimum absolute atomic E-state index is 0.0208. The molecule has 1 heterocycles. The van der Waals surface area contributed by atoms with Crippen LogP contribution in [-0.4, -0.2) is 61.8 Å². The van der Waals surface area contributed by atoms with Crippen LogP contribution in [0.2, 0.25) is 0 Å². The number of likely N-dealkylation sites (tertiary alicyclic amines) is 1. The van der Waals surface area contributed by atoms with Crippen molar-refractivity contribution in [2.24, 2.45) is 4.99 Å². The Hall–Kier alpha value is -1.73. The molecule has 2 atom stereocenters. The highest BCUT2D eigenvalue weighted by Gasteiger charge is 2.42. The van der Waals surface area contributed by atoms with Gasteiger partial charge < -0.3 is 20.3 Å². The van der Waals surface area contributed by atoms with Gasteiger partial charge in [-0.1, -0.05) is 6.07 Å². The number of ether oxygens (including phenoxy) is 1. The van der Waals surface area contributed by atoms with Gasteiger partial charge in [-0.05, 0) is 52.2 Å². The fourth-order valence-corrected chi connectivity index (χ4v) is 3.92. The fourth-order valence-electron chi connectivity index (χ4n) is 3.92. The number of nitrogens with zero attached hydrogens (tertiary/aromatic N) is 2. The van der Waals surface area contributed by atoms with Gasteiger partial charge in [-0.3, -0.25) is 4.99 Å². The van der Waals surface area contributed by atoms with Crippen LogP contribution in [0.4, 0.5) is 8.78 Å². The molecule has 1 aliphatic heterocycles. The first-order valence-corrected chi connectivity index (χ1v) is 10.8. The minimum atomic E-state index is -0.463. The van der Waals surface area contributed by atoms with Crippen molar-refractivity contribution in [1.29, 1.82) is 0 Å². The highest BCUT2D eigenvalue weighted by molar-refractivity contribution is 5.81. The topological polar surface area (TPSA) is 48.9 Å². The van der Waals surface area contributed by atoms with Crippen molar-refractivity contribution < 1.29 is 13.5 Å². The van der Waals surface area contributed by atoms with Crippen LogP contribution in [0.5, 0.6) is 0 Å². The molecule has 2 N–H and O–H groups in total. The van der Waals surface area contributed by atoms with E-state index in [4.69, 9.17) is 4.74 Å². The zero-order valence-corrected chi connectivity index (χ0v) is 17.8. The highest BCUT2D eigenvalue weighted by Crippen LogP contribution is 2.43. The average Bonchev–Trinajstić information content (AvgIpc) is 3.41. The molecule has 29 heavy (non-hydrogen) atoms. The van der Waals surface area contributed by atoms with Crippen LogP contribution in [0.15, 0.2) is 23.2 Å². The van der Waals surface area contributed by atoms with E-state index in [1.54, 1.807) is 0 Å². The summed E-state index contributed by atoms with van der Waals surface area (Å²) in [7, 11) is 0. The van der Waals surface area contributed by atoms with E-state index in [-0.39, 0.29) is 23.6 Å². The molecule has 1 saturated carbocycles. The molecule has 3 rings (SSSR count). The minimum Gasteiger partial charge on any atom is -0.377 e. The Morgan fingerprint density at radius 2 is 1.90 bits per heavy atom. The Morgan fingerprint density at radius 1 is 1.21 bits per heavy atom. The summed E-state index contributed by atoms with van der Waals surface area (Å²) in [5.41, 5.74) is 0.192. The van der Waals surface area contributed by atoms with Gasteiger partial charge in [0, 0.05) is 49.7 Å². The number of hydrogen-bond acceptors (Lipinski definition) is 3.